The lowest BCUT2D eigenvalue weighted by molar-refractivity contribution is -0.133. The summed E-state index contributed by atoms with van der Waals surface area (Å²) in [6.45, 7) is 1.23. The number of hydrogen-bond acceptors (Lipinski definition) is 6. The highest BCUT2D eigenvalue weighted by Gasteiger charge is 2.40. The number of nitriles is 1. The smallest absolute Gasteiger partial charge is 0.234 e. The van der Waals surface area contributed by atoms with Crippen LogP contribution in [0.25, 0.3) is 0 Å². The van der Waals surface area contributed by atoms with E-state index in [4.69, 9.17) is 4.74 Å². The highest BCUT2D eigenvalue weighted by Crippen LogP contribution is 2.44. The van der Waals surface area contributed by atoms with Crippen molar-refractivity contribution in [1.29, 1.82) is 5.26 Å². The van der Waals surface area contributed by atoms with Crippen molar-refractivity contribution in [2.75, 3.05) is 25.0 Å². The maximum Gasteiger partial charge on any atom is 0.234 e. The van der Waals surface area contributed by atoms with E-state index >= 15 is 0 Å². The number of anilines is 1. The monoisotopic (exact) mass is 397 g/mol. The van der Waals surface area contributed by atoms with E-state index in [1.807, 2.05) is 65.4 Å². The number of ether oxygens (including phenoxy) is 1. The zero-order valence-corrected chi connectivity index (χ0v) is 16.4. The summed E-state index contributed by atoms with van der Waals surface area (Å²) in [5.41, 5.74) is 2.06. The molecule has 0 unspecified atom stereocenters. The number of para-hydroxylation sites is 2. The molecule has 148 valence electrons. The second-order valence-electron chi connectivity index (χ2n) is 7.46. The first-order valence-corrected chi connectivity index (χ1v) is 9.76. The molecule has 1 aromatic heterocycles. The standard InChI is InChI=1S/C23H19N5O2/c1-27(15-13-28(14-15)22-18(12-24)25-10-11-26-22)23(29)21-16-6-2-4-8-19(16)30-20-9-5-3-7-17(20)21/h2-11,15,21H,13-14H2,1H3. The summed E-state index contributed by atoms with van der Waals surface area (Å²) in [4.78, 5) is 25.7. The molecule has 7 nitrogen and oxygen atoms in total. The number of carbonyl (C=O) groups is 1. The summed E-state index contributed by atoms with van der Waals surface area (Å²) in [5, 5.41) is 9.25. The molecule has 0 aliphatic carbocycles. The zero-order chi connectivity index (χ0) is 20.7. The Morgan fingerprint density at radius 1 is 1.07 bits per heavy atom. The average molecular weight is 397 g/mol. The van der Waals surface area contributed by atoms with Gasteiger partial charge >= 0.3 is 0 Å². The second kappa shape index (κ2) is 7.16. The molecule has 0 atom stereocenters. The average Bonchev–Trinajstić information content (AvgIpc) is 2.76. The fourth-order valence-corrected chi connectivity index (χ4v) is 4.07. The quantitative estimate of drug-likeness (QED) is 0.676. The zero-order valence-electron chi connectivity index (χ0n) is 16.4. The number of likely N-dealkylation sites (N-methyl/N-ethyl adjacent to an activating group) is 1. The summed E-state index contributed by atoms with van der Waals surface area (Å²) < 4.78 is 6.01. The fourth-order valence-electron chi connectivity index (χ4n) is 4.07. The van der Waals surface area contributed by atoms with E-state index in [2.05, 4.69) is 16.0 Å². The molecule has 1 amide bonds. The Labute approximate surface area is 174 Å². The predicted octanol–water partition coefficient (Wildman–Crippen LogP) is 2.93. The maximum absolute atomic E-state index is 13.6. The van der Waals surface area contributed by atoms with E-state index < -0.39 is 5.92 Å². The SMILES string of the molecule is CN(C(=O)C1c2ccccc2Oc2ccccc21)C1CN(c2nccnc2C#N)C1. The van der Waals surface area contributed by atoms with Crippen LogP contribution in [-0.2, 0) is 4.79 Å². The van der Waals surface area contributed by atoms with Crippen LogP contribution in [0.5, 0.6) is 11.5 Å². The van der Waals surface area contributed by atoms with E-state index in [9.17, 15) is 10.1 Å². The van der Waals surface area contributed by atoms with Crippen molar-refractivity contribution in [2.24, 2.45) is 0 Å². The Kier molecular flexibility index (Phi) is 4.32. The van der Waals surface area contributed by atoms with Gasteiger partial charge in [0.1, 0.15) is 17.6 Å². The van der Waals surface area contributed by atoms with Crippen molar-refractivity contribution in [3.63, 3.8) is 0 Å². The van der Waals surface area contributed by atoms with Crippen LogP contribution in [-0.4, -0.2) is 47.0 Å². The molecular weight excluding hydrogens is 378 g/mol. The van der Waals surface area contributed by atoms with Crippen molar-refractivity contribution < 1.29 is 9.53 Å². The molecule has 3 aromatic rings. The molecule has 3 heterocycles. The minimum absolute atomic E-state index is 0.0301. The molecule has 1 saturated heterocycles. The van der Waals surface area contributed by atoms with Crippen molar-refractivity contribution in [1.82, 2.24) is 14.9 Å². The van der Waals surface area contributed by atoms with Gasteiger partial charge in [-0.05, 0) is 12.1 Å². The first-order valence-electron chi connectivity index (χ1n) is 9.76. The molecule has 0 spiro atoms. The molecule has 0 radical (unpaired) electrons. The first kappa shape index (κ1) is 18.1. The Morgan fingerprint density at radius 2 is 1.67 bits per heavy atom. The van der Waals surface area contributed by atoms with Crippen LogP contribution in [0.3, 0.4) is 0 Å². The van der Waals surface area contributed by atoms with Crippen molar-refractivity contribution in [3.05, 3.63) is 77.7 Å². The Balaban J connectivity index is 1.39. The molecule has 5 rings (SSSR count). The lowest BCUT2D eigenvalue weighted by Gasteiger charge is -2.45. The third kappa shape index (κ3) is 2.85. The lowest BCUT2D eigenvalue weighted by atomic mass is 9.86. The topological polar surface area (TPSA) is 82.3 Å². The van der Waals surface area contributed by atoms with E-state index in [1.165, 1.54) is 6.20 Å². The summed E-state index contributed by atoms with van der Waals surface area (Å²) in [7, 11) is 1.84. The fraction of sp³-hybridized carbons (Fsp3) is 0.217. The Bertz CT molecular complexity index is 1120. The van der Waals surface area contributed by atoms with Gasteiger partial charge in [-0.1, -0.05) is 36.4 Å². The first-order chi connectivity index (χ1) is 14.7. The summed E-state index contributed by atoms with van der Waals surface area (Å²) >= 11 is 0. The van der Waals surface area contributed by atoms with Crippen LogP contribution in [0.2, 0.25) is 0 Å². The number of carbonyl (C=O) groups excluding carboxylic acids is 1. The third-order valence-corrected chi connectivity index (χ3v) is 5.77. The van der Waals surface area contributed by atoms with Crippen molar-refractivity contribution in [3.8, 4) is 17.6 Å². The molecule has 2 aliphatic rings. The van der Waals surface area contributed by atoms with Gasteiger partial charge in [0.05, 0.1) is 12.0 Å². The number of fused-ring (bicyclic) bond motifs is 2. The minimum Gasteiger partial charge on any atom is -0.457 e. The Hall–Kier alpha value is -3.92. The highest BCUT2D eigenvalue weighted by atomic mass is 16.5. The number of hydrogen-bond donors (Lipinski definition) is 0. The van der Waals surface area contributed by atoms with Gasteiger partial charge in [-0.3, -0.25) is 4.79 Å². The Morgan fingerprint density at radius 3 is 2.30 bits per heavy atom. The second-order valence-corrected chi connectivity index (χ2v) is 7.46. The maximum atomic E-state index is 13.6. The molecule has 7 heteroatoms. The normalized spacial score (nSPS) is 15.3. The summed E-state index contributed by atoms with van der Waals surface area (Å²) in [6.07, 6.45) is 3.09. The van der Waals surface area contributed by atoms with Gasteiger partial charge in [0.15, 0.2) is 11.5 Å². The predicted molar refractivity (Wildman–Crippen MR) is 110 cm³/mol. The van der Waals surface area contributed by atoms with Gasteiger partial charge in [-0.15, -0.1) is 0 Å². The number of amides is 1. The molecule has 30 heavy (non-hydrogen) atoms. The van der Waals surface area contributed by atoms with E-state index in [0.717, 1.165) is 22.6 Å². The largest absolute Gasteiger partial charge is 0.457 e. The third-order valence-electron chi connectivity index (χ3n) is 5.77. The highest BCUT2D eigenvalue weighted by molar-refractivity contribution is 5.90. The number of aromatic nitrogens is 2. The summed E-state index contributed by atoms with van der Waals surface area (Å²) in [5.74, 6) is 1.63. The van der Waals surface area contributed by atoms with Crippen molar-refractivity contribution >= 4 is 11.7 Å². The number of nitrogens with zero attached hydrogens (tertiary/aromatic N) is 5. The summed E-state index contributed by atoms with van der Waals surface area (Å²) in [6, 6.07) is 17.5. The molecule has 1 fully saturated rings. The molecule has 0 N–H and O–H groups in total. The lowest BCUT2D eigenvalue weighted by Crippen LogP contribution is -2.61. The van der Waals surface area contributed by atoms with Crippen molar-refractivity contribution in [2.45, 2.75) is 12.0 Å². The van der Waals surface area contributed by atoms with Crippen LogP contribution in [0.4, 0.5) is 5.82 Å². The van der Waals surface area contributed by atoms with Crippen LogP contribution in [0.15, 0.2) is 60.9 Å². The van der Waals surface area contributed by atoms with Gasteiger partial charge < -0.3 is 14.5 Å². The van der Waals surface area contributed by atoms with Crippen LogP contribution in [0.1, 0.15) is 22.7 Å². The minimum atomic E-state index is -0.406. The number of benzene rings is 2. The van der Waals surface area contributed by atoms with Gasteiger partial charge in [0, 0.05) is 43.7 Å². The van der Waals surface area contributed by atoms with Crippen LogP contribution in [0, 0.1) is 11.3 Å². The van der Waals surface area contributed by atoms with Gasteiger partial charge in [0.2, 0.25) is 5.91 Å². The molecule has 2 aromatic carbocycles. The number of rotatable bonds is 3. The molecule has 2 aliphatic heterocycles. The molecule has 0 saturated carbocycles. The van der Waals surface area contributed by atoms with Crippen LogP contribution < -0.4 is 9.64 Å². The van der Waals surface area contributed by atoms with Gasteiger partial charge in [0.25, 0.3) is 0 Å². The molecule has 0 bridgehead atoms. The van der Waals surface area contributed by atoms with E-state index in [-0.39, 0.29) is 11.9 Å². The van der Waals surface area contributed by atoms with E-state index in [0.29, 0.717) is 24.6 Å². The van der Waals surface area contributed by atoms with E-state index in [1.54, 1.807) is 6.20 Å². The van der Waals surface area contributed by atoms with Crippen LogP contribution >= 0.6 is 0 Å². The molecular formula is C23H19N5O2. The van der Waals surface area contributed by atoms with Gasteiger partial charge in [-0.25, -0.2) is 9.97 Å². The van der Waals surface area contributed by atoms with Gasteiger partial charge in [-0.2, -0.15) is 5.26 Å².